The SMILES string of the molecule is COc1ccc(-c2cc(Nc3ccnc(N4CCOCC4)n3)n(C)n2)cc1. The largest absolute Gasteiger partial charge is 0.497 e. The number of hydrogen-bond acceptors (Lipinski definition) is 7. The van der Waals surface area contributed by atoms with Gasteiger partial charge in [-0.25, -0.2) is 4.98 Å². The van der Waals surface area contributed by atoms with Crippen LogP contribution >= 0.6 is 0 Å². The van der Waals surface area contributed by atoms with Crippen LogP contribution in [-0.4, -0.2) is 53.2 Å². The van der Waals surface area contributed by atoms with E-state index in [0.717, 1.165) is 41.7 Å². The van der Waals surface area contributed by atoms with Crippen LogP contribution in [-0.2, 0) is 11.8 Å². The Morgan fingerprint density at radius 3 is 2.63 bits per heavy atom. The van der Waals surface area contributed by atoms with Crippen molar-refractivity contribution >= 4 is 17.6 Å². The van der Waals surface area contributed by atoms with E-state index < -0.39 is 0 Å². The van der Waals surface area contributed by atoms with Gasteiger partial charge in [0, 0.05) is 38.0 Å². The van der Waals surface area contributed by atoms with Gasteiger partial charge in [0.1, 0.15) is 17.4 Å². The fourth-order valence-electron chi connectivity index (χ4n) is 2.95. The Balaban J connectivity index is 1.53. The highest BCUT2D eigenvalue weighted by Crippen LogP contribution is 2.25. The summed E-state index contributed by atoms with van der Waals surface area (Å²) in [5, 5.41) is 7.92. The lowest BCUT2D eigenvalue weighted by Crippen LogP contribution is -2.37. The van der Waals surface area contributed by atoms with Crippen molar-refractivity contribution in [2.75, 3.05) is 43.6 Å². The summed E-state index contributed by atoms with van der Waals surface area (Å²) in [6, 6.07) is 11.7. The number of nitrogens with one attached hydrogen (secondary N) is 1. The highest BCUT2D eigenvalue weighted by molar-refractivity contribution is 5.66. The van der Waals surface area contributed by atoms with Gasteiger partial charge in [-0.3, -0.25) is 4.68 Å². The van der Waals surface area contributed by atoms with Crippen LogP contribution in [0.3, 0.4) is 0 Å². The topological polar surface area (TPSA) is 77.3 Å². The lowest BCUT2D eigenvalue weighted by atomic mass is 10.1. The van der Waals surface area contributed by atoms with E-state index in [4.69, 9.17) is 9.47 Å². The van der Waals surface area contributed by atoms with Gasteiger partial charge in [-0.15, -0.1) is 0 Å². The quantitative estimate of drug-likeness (QED) is 0.743. The van der Waals surface area contributed by atoms with Crippen molar-refractivity contribution in [1.82, 2.24) is 19.7 Å². The summed E-state index contributed by atoms with van der Waals surface area (Å²) in [6.07, 6.45) is 1.76. The van der Waals surface area contributed by atoms with E-state index in [9.17, 15) is 0 Å². The Kier molecular flexibility index (Phi) is 4.88. The molecule has 0 spiro atoms. The van der Waals surface area contributed by atoms with E-state index in [0.29, 0.717) is 19.2 Å². The number of hydrogen-bond donors (Lipinski definition) is 1. The third kappa shape index (κ3) is 3.85. The standard InChI is InChI=1S/C19H22N6O2/c1-24-18(13-16(23-24)14-3-5-15(26-2)6-4-14)21-17-7-8-20-19(22-17)25-9-11-27-12-10-25/h3-8,13H,9-12H2,1-2H3,(H,20,21,22). The van der Waals surface area contributed by atoms with Crippen molar-refractivity contribution in [3.63, 3.8) is 0 Å². The molecule has 0 atom stereocenters. The first kappa shape index (κ1) is 17.3. The molecule has 8 nitrogen and oxygen atoms in total. The predicted molar refractivity (Wildman–Crippen MR) is 104 cm³/mol. The Labute approximate surface area is 157 Å². The van der Waals surface area contributed by atoms with E-state index >= 15 is 0 Å². The van der Waals surface area contributed by atoms with Gasteiger partial charge in [0.25, 0.3) is 0 Å². The normalized spacial score (nSPS) is 14.2. The molecule has 0 bridgehead atoms. The van der Waals surface area contributed by atoms with Crippen LogP contribution < -0.4 is 15.0 Å². The number of nitrogens with zero attached hydrogens (tertiary/aromatic N) is 5. The summed E-state index contributed by atoms with van der Waals surface area (Å²) < 4.78 is 12.4. The number of aromatic nitrogens is 4. The molecule has 0 aliphatic carbocycles. The molecule has 0 unspecified atom stereocenters. The van der Waals surface area contributed by atoms with Crippen molar-refractivity contribution in [2.24, 2.45) is 7.05 Å². The second kappa shape index (κ2) is 7.63. The van der Waals surface area contributed by atoms with Crippen molar-refractivity contribution < 1.29 is 9.47 Å². The molecule has 0 radical (unpaired) electrons. The van der Waals surface area contributed by atoms with Crippen LogP contribution in [0.15, 0.2) is 42.6 Å². The second-order valence-corrected chi connectivity index (χ2v) is 6.23. The molecule has 1 aliphatic heterocycles. The minimum absolute atomic E-state index is 0.702. The molecule has 2 aromatic heterocycles. The maximum atomic E-state index is 5.39. The van der Waals surface area contributed by atoms with Gasteiger partial charge in [0.2, 0.25) is 5.95 Å². The van der Waals surface area contributed by atoms with Crippen molar-refractivity contribution in [3.05, 3.63) is 42.6 Å². The number of rotatable bonds is 5. The van der Waals surface area contributed by atoms with Crippen LogP contribution in [0.1, 0.15) is 0 Å². The molecule has 8 heteroatoms. The van der Waals surface area contributed by atoms with Gasteiger partial charge in [-0.05, 0) is 30.3 Å². The van der Waals surface area contributed by atoms with Crippen molar-refractivity contribution in [2.45, 2.75) is 0 Å². The van der Waals surface area contributed by atoms with Gasteiger partial charge in [0.05, 0.1) is 26.0 Å². The average molecular weight is 366 g/mol. The molecule has 0 amide bonds. The molecule has 140 valence electrons. The summed E-state index contributed by atoms with van der Waals surface area (Å²) in [5.74, 6) is 3.12. The third-order valence-electron chi connectivity index (χ3n) is 4.46. The summed E-state index contributed by atoms with van der Waals surface area (Å²) in [7, 11) is 3.56. The fraction of sp³-hybridized carbons (Fsp3) is 0.316. The van der Waals surface area contributed by atoms with E-state index in [1.165, 1.54) is 0 Å². The van der Waals surface area contributed by atoms with Crippen LogP contribution in [0, 0.1) is 0 Å². The summed E-state index contributed by atoms with van der Waals surface area (Å²) in [5.41, 5.74) is 1.90. The first-order valence-corrected chi connectivity index (χ1v) is 8.84. The zero-order valence-electron chi connectivity index (χ0n) is 15.4. The summed E-state index contributed by atoms with van der Waals surface area (Å²) >= 11 is 0. The van der Waals surface area contributed by atoms with Crippen LogP contribution in [0.25, 0.3) is 11.3 Å². The number of methoxy groups -OCH3 is 1. The van der Waals surface area contributed by atoms with Crippen LogP contribution in [0.4, 0.5) is 17.6 Å². The Morgan fingerprint density at radius 2 is 1.89 bits per heavy atom. The molecule has 1 N–H and O–H groups in total. The Hall–Kier alpha value is -3.13. The van der Waals surface area contributed by atoms with Gasteiger partial charge >= 0.3 is 0 Å². The van der Waals surface area contributed by atoms with Gasteiger partial charge in [0.15, 0.2) is 0 Å². The predicted octanol–water partition coefficient (Wildman–Crippen LogP) is 2.47. The molecule has 1 fully saturated rings. The summed E-state index contributed by atoms with van der Waals surface area (Å²) in [6.45, 7) is 3.01. The maximum Gasteiger partial charge on any atom is 0.227 e. The number of aryl methyl sites for hydroxylation is 1. The second-order valence-electron chi connectivity index (χ2n) is 6.23. The van der Waals surface area contributed by atoms with Gasteiger partial charge < -0.3 is 19.7 Å². The highest BCUT2D eigenvalue weighted by atomic mass is 16.5. The van der Waals surface area contributed by atoms with Gasteiger partial charge in [-0.1, -0.05) is 0 Å². The smallest absolute Gasteiger partial charge is 0.227 e. The molecule has 27 heavy (non-hydrogen) atoms. The molecular formula is C19H22N6O2. The minimum Gasteiger partial charge on any atom is -0.497 e. The zero-order valence-corrected chi connectivity index (χ0v) is 15.4. The van der Waals surface area contributed by atoms with E-state index in [1.54, 1.807) is 18.0 Å². The van der Waals surface area contributed by atoms with E-state index in [2.05, 4.69) is 25.3 Å². The maximum absolute atomic E-state index is 5.39. The van der Waals surface area contributed by atoms with Crippen molar-refractivity contribution in [3.8, 4) is 17.0 Å². The van der Waals surface area contributed by atoms with Gasteiger partial charge in [-0.2, -0.15) is 10.1 Å². The first-order chi connectivity index (χ1) is 13.2. The molecule has 1 aliphatic rings. The first-order valence-electron chi connectivity index (χ1n) is 8.84. The Morgan fingerprint density at radius 1 is 1.11 bits per heavy atom. The number of morpholine rings is 1. The van der Waals surface area contributed by atoms with Crippen molar-refractivity contribution in [1.29, 1.82) is 0 Å². The Bertz CT molecular complexity index is 903. The third-order valence-corrected chi connectivity index (χ3v) is 4.46. The fourth-order valence-corrected chi connectivity index (χ4v) is 2.95. The van der Waals surface area contributed by atoms with Crippen LogP contribution in [0.5, 0.6) is 5.75 Å². The highest BCUT2D eigenvalue weighted by Gasteiger charge is 2.15. The van der Waals surface area contributed by atoms with Crippen LogP contribution in [0.2, 0.25) is 0 Å². The minimum atomic E-state index is 0.702. The lowest BCUT2D eigenvalue weighted by Gasteiger charge is -2.26. The lowest BCUT2D eigenvalue weighted by molar-refractivity contribution is 0.122. The average Bonchev–Trinajstić information content (AvgIpc) is 3.09. The molecule has 4 rings (SSSR count). The van der Waals surface area contributed by atoms with E-state index in [-0.39, 0.29) is 0 Å². The summed E-state index contributed by atoms with van der Waals surface area (Å²) in [4.78, 5) is 11.1. The molecule has 3 aromatic rings. The number of anilines is 3. The molecule has 1 saturated heterocycles. The van der Waals surface area contributed by atoms with E-state index in [1.807, 2.05) is 43.4 Å². The molecule has 3 heterocycles. The monoisotopic (exact) mass is 366 g/mol. The molecule has 1 aromatic carbocycles. The molecule has 0 saturated carbocycles. The number of benzene rings is 1. The zero-order chi connectivity index (χ0) is 18.6. The number of ether oxygens (including phenoxy) is 2. The molecular weight excluding hydrogens is 344 g/mol.